The Kier molecular flexibility index (Phi) is 4.30. The minimum absolute atomic E-state index is 0.0495. The van der Waals surface area contributed by atoms with Crippen molar-refractivity contribution in [3.63, 3.8) is 0 Å². The zero-order valence-corrected chi connectivity index (χ0v) is 13.9. The summed E-state index contributed by atoms with van der Waals surface area (Å²) in [5.41, 5.74) is 1.69. The molecule has 2 fully saturated rings. The topological polar surface area (TPSA) is 50.4 Å². The SMILES string of the molecule is O=C1NC2CCC(c3c(F)cccc3OCc3ccccc3)CC2N1. The summed E-state index contributed by atoms with van der Waals surface area (Å²) in [6.07, 6.45) is 2.42. The van der Waals surface area contributed by atoms with Crippen LogP contribution >= 0.6 is 0 Å². The molecule has 3 atom stereocenters. The van der Waals surface area contributed by atoms with Crippen LogP contribution < -0.4 is 15.4 Å². The molecule has 4 rings (SSSR count). The smallest absolute Gasteiger partial charge is 0.315 e. The van der Waals surface area contributed by atoms with E-state index in [1.807, 2.05) is 36.4 Å². The van der Waals surface area contributed by atoms with Crippen molar-refractivity contribution in [1.82, 2.24) is 10.6 Å². The zero-order chi connectivity index (χ0) is 17.2. The maximum absolute atomic E-state index is 14.6. The third kappa shape index (κ3) is 3.31. The highest BCUT2D eigenvalue weighted by atomic mass is 19.1. The Morgan fingerprint density at radius 3 is 2.64 bits per heavy atom. The maximum Gasteiger partial charge on any atom is 0.315 e. The van der Waals surface area contributed by atoms with Crippen molar-refractivity contribution in [2.45, 2.75) is 43.9 Å². The van der Waals surface area contributed by atoms with Gasteiger partial charge in [0, 0.05) is 5.56 Å². The Balaban J connectivity index is 1.54. The van der Waals surface area contributed by atoms with Crippen LogP contribution in [0.3, 0.4) is 0 Å². The van der Waals surface area contributed by atoms with Crippen molar-refractivity contribution in [3.8, 4) is 5.75 Å². The molecule has 0 radical (unpaired) electrons. The second kappa shape index (κ2) is 6.75. The van der Waals surface area contributed by atoms with E-state index in [9.17, 15) is 9.18 Å². The second-order valence-corrected chi connectivity index (χ2v) is 6.77. The molecule has 1 heterocycles. The zero-order valence-electron chi connectivity index (χ0n) is 13.9. The molecular weight excluding hydrogens is 319 g/mol. The van der Waals surface area contributed by atoms with Crippen LogP contribution in [0.4, 0.5) is 9.18 Å². The molecular formula is C20H21FN2O2. The van der Waals surface area contributed by atoms with Gasteiger partial charge in [-0.05, 0) is 42.9 Å². The molecule has 2 amide bonds. The summed E-state index contributed by atoms with van der Waals surface area (Å²) in [7, 11) is 0. The van der Waals surface area contributed by atoms with E-state index >= 15 is 0 Å². The summed E-state index contributed by atoms with van der Waals surface area (Å²) in [5.74, 6) is 0.421. The van der Waals surface area contributed by atoms with Crippen LogP contribution in [0.5, 0.6) is 5.75 Å². The number of ether oxygens (including phenoxy) is 1. The number of benzene rings is 2. The Labute approximate surface area is 146 Å². The molecule has 2 aromatic carbocycles. The molecule has 0 bridgehead atoms. The fourth-order valence-electron chi connectivity index (χ4n) is 3.92. The van der Waals surface area contributed by atoms with Gasteiger partial charge in [0.25, 0.3) is 0 Å². The Hall–Kier alpha value is -2.56. The third-order valence-electron chi connectivity index (χ3n) is 5.14. The summed E-state index contributed by atoms with van der Waals surface area (Å²) in [6.45, 7) is 0.411. The van der Waals surface area contributed by atoms with E-state index in [0.717, 1.165) is 24.8 Å². The van der Waals surface area contributed by atoms with Crippen molar-refractivity contribution in [3.05, 3.63) is 65.5 Å². The lowest BCUT2D eigenvalue weighted by Crippen LogP contribution is -2.39. The third-order valence-corrected chi connectivity index (χ3v) is 5.14. The van der Waals surface area contributed by atoms with Crippen LogP contribution in [0.15, 0.2) is 48.5 Å². The van der Waals surface area contributed by atoms with Gasteiger partial charge in [-0.3, -0.25) is 0 Å². The van der Waals surface area contributed by atoms with Gasteiger partial charge < -0.3 is 15.4 Å². The first-order valence-electron chi connectivity index (χ1n) is 8.73. The number of amides is 2. The first kappa shape index (κ1) is 15.9. The van der Waals surface area contributed by atoms with Gasteiger partial charge >= 0.3 is 6.03 Å². The lowest BCUT2D eigenvalue weighted by molar-refractivity contribution is 0.247. The van der Waals surface area contributed by atoms with Gasteiger partial charge in [0.15, 0.2) is 0 Å². The first-order valence-corrected chi connectivity index (χ1v) is 8.73. The number of nitrogens with one attached hydrogen (secondary N) is 2. The second-order valence-electron chi connectivity index (χ2n) is 6.77. The van der Waals surface area contributed by atoms with E-state index in [-0.39, 0.29) is 29.8 Å². The lowest BCUT2D eigenvalue weighted by Gasteiger charge is -2.31. The van der Waals surface area contributed by atoms with Crippen LogP contribution in [0.25, 0.3) is 0 Å². The number of rotatable bonds is 4. The van der Waals surface area contributed by atoms with Gasteiger partial charge in [0.2, 0.25) is 0 Å². The molecule has 5 heteroatoms. The van der Waals surface area contributed by atoms with Crippen LogP contribution in [-0.2, 0) is 6.61 Å². The number of hydrogen-bond acceptors (Lipinski definition) is 2. The van der Waals surface area contributed by atoms with E-state index in [2.05, 4.69) is 10.6 Å². The van der Waals surface area contributed by atoms with Gasteiger partial charge in [-0.1, -0.05) is 36.4 Å². The predicted octanol–water partition coefficient (Wildman–Crippen LogP) is 3.72. The number of carbonyl (C=O) groups excluding carboxylic acids is 1. The molecule has 4 nitrogen and oxygen atoms in total. The molecule has 2 aromatic rings. The molecule has 0 aromatic heterocycles. The Morgan fingerprint density at radius 1 is 1.00 bits per heavy atom. The molecule has 1 saturated heterocycles. The van der Waals surface area contributed by atoms with E-state index < -0.39 is 0 Å². The highest BCUT2D eigenvalue weighted by molar-refractivity contribution is 5.77. The molecule has 2 aliphatic rings. The first-order chi connectivity index (χ1) is 12.2. The summed E-state index contributed by atoms with van der Waals surface area (Å²) in [5, 5.41) is 5.87. The summed E-state index contributed by atoms with van der Waals surface area (Å²) in [6, 6.07) is 15.0. The highest BCUT2D eigenvalue weighted by Crippen LogP contribution is 2.40. The predicted molar refractivity (Wildman–Crippen MR) is 93.0 cm³/mol. The van der Waals surface area contributed by atoms with E-state index in [1.54, 1.807) is 6.07 Å². The summed E-state index contributed by atoms with van der Waals surface area (Å²) in [4.78, 5) is 11.5. The van der Waals surface area contributed by atoms with Crippen LogP contribution in [0.2, 0.25) is 0 Å². The van der Waals surface area contributed by atoms with E-state index in [4.69, 9.17) is 4.74 Å². The number of urea groups is 1. The minimum Gasteiger partial charge on any atom is -0.489 e. The molecule has 0 spiro atoms. The fourth-order valence-corrected chi connectivity index (χ4v) is 3.92. The van der Waals surface area contributed by atoms with Crippen LogP contribution in [0.1, 0.15) is 36.3 Å². The summed E-state index contributed by atoms with van der Waals surface area (Å²) >= 11 is 0. The standard InChI is InChI=1S/C20H21FN2O2/c21-15-7-4-8-18(25-12-13-5-2-1-3-6-13)19(15)14-9-10-16-17(11-14)23-20(24)22-16/h1-8,14,16-17H,9-12H2,(H2,22,23,24). The lowest BCUT2D eigenvalue weighted by atomic mass is 9.79. The van der Waals surface area contributed by atoms with Crippen molar-refractivity contribution in [2.75, 3.05) is 0 Å². The highest BCUT2D eigenvalue weighted by Gasteiger charge is 2.39. The van der Waals surface area contributed by atoms with Gasteiger partial charge in [-0.25, -0.2) is 9.18 Å². The Bertz CT molecular complexity index is 766. The van der Waals surface area contributed by atoms with Gasteiger partial charge in [0.05, 0.1) is 12.1 Å². The molecule has 130 valence electrons. The van der Waals surface area contributed by atoms with Gasteiger partial charge in [-0.15, -0.1) is 0 Å². The normalized spacial score (nSPS) is 25.0. The average Bonchev–Trinajstić information content (AvgIpc) is 3.00. The van der Waals surface area contributed by atoms with Gasteiger partial charge in [-0.2, -0.15) is 0 Å². The van der Waals surface area contributed by atoms with Crippen molar-refractivity contribution < 1.29 is 13.9 Å². The largest absolute Gasteiger partial charge is 0.489 e. The monoisotopic (exact) mass is 340 g/mol. The molecule has 25 heavy (non-hydrogen) atoms. The number of halogens is 1. The maximum atomic E-state index is 14.6. The molecule has 3 unspecified atom stereocenters. The summed E-state index contributed by atoms with van der Waals surface area (Å²) < 4.78 is 20.5. The molecule has 1 saturated carbocycles. The molecule has 1 aliphatic carbocycles. The fraction of sp³-hybridized carbons (Fsp3) is 0.350. The molecule has 2 N–H and O–H groups in total. The minimum atomic E-state index is -0.230. The van der Waals surface area contributed by atoms with Crippen LogP contribution in [-0.4, -0.2) is 18.1 Å². The van der Waals surface area contributed by atoms with Crippen molar-refractivity contribution in [1.29, 1.82) is 0 Å². The van der Waals surface area contributed by atoms with E-state index in [0.29, 0.717) is 17.9 Å². The number of hydrogen-bond donors (Lipinski definition) is 2. The van der Waals surface area contributed by atoms with Crippen LogP contribution in [0, 0.1) is 5.82 Å². The molecule has 1 aliphatic heterocycles. The van der Waals surface area contributed by atoms with E-state index in [1.165, 1.54) is 6.07 Å². The number of fused-ring (bicyclic) bond motifs is 1. The Morgan fingerprint density at radius 2 is 1.80 bits per heavy atom. The quantitative estimate of drug-likeness (QED) is 0.891. The van der Waals surface area contributed by atoms with Gasteiger partial charge in [0.1, 0.15) is 18.2 Å². The van der Waals surface area contributed by atoms with Crippen molar-refractivity contribution in [2.24, 2.45) is 0 Å². The average molecular weight is 340 g/mol. The number of carbonyl (C=O) groups is 1. The van der Waals surface area contributed by atoms with Crippen molar-refractivity contribution >= 4 is 6.03 Å².